The molecule has 1 heterocycles. The van der Waals surface area contributed by atoms with Crippen LogP contribution in [0.15, 0.2) is 6.33 Å². The Balaban J connectivity index is 2.43. The topological polar surface area (TPSA) is 110 Å². The minimum absolute atomic E-state index is 0.0457. The van der Waals surface area contributed by atoms with Crippen LogP contribution in [0.25, 0.3) is 0 Å². The molecule has 0 radical (unpaired) electrons. The molecule has 0 atom stereocenters. The number of nitrogen functional groups attached to an aromatic ring is 1. The van der Waals surface area contributed by atoms with E-state index in [4.69, 9.17) is 5.84 Å². The summed E-state index contributed by atoms with van der Waals surface area (Å²) in [4.78, 5) is 20.6. The Morgan fingerprint density at radius 3 is 2.74 bits per heavy atom. The molecule has 1 aliphatic rings. The highest BCUT2D eigenvalue weighted by Crippen LogP contribution is 2.38. The van der Waals surface area contributed by atoms with Crippen LogP contribution in [0.5, 0.6) is 0 Å². The first-order chi connectivity index (χ1) is 9.04. The molecule has 1 aromatic rings. The zero-order valence-corrected chi connectivity index (χ0v) is 11.0. The molecule has 19 heavy (non-hydrogen) atoms. The fourth-order valence-corrected chi connectivity index (χ4v) is 2.04. The summed E-state index contributed by atoms with van der Waals surface area (Å²) in [5.74, 6) is 6.08. The molecule has 1 fully saturated rings. The van der Waals surface area contributed by atoms with E-state index in [1.807, 2.05) is 4.90 Å². The minimum Gasteiger partial charge on any atom is -0.347 e. The van der Waals surface area contributed by atoms with Crippen molar-refractivity contribution in [2.24, 2.45) is 11.8 Å². The average molecular weight is 266 g/mol. The Bertz CT molecular complexity index is 474. The Kier molecular flexibility index (Phi) is 3.79. The summed E-state index contributed by atoms with van der Waals surface area (Å²) in [6.07, 6.45) is 3.38. The quantitative estimate of drug-likeness (QED) is 0.453. The number of nitro groups is 1. The number of hydrogen-bond acceptors (Lipinski definition) is 7. The van der Waals surface area contributed by atoms with Gasteiger partial charge in [0.15, 0.2) is 0 Å². The number of nitrogens with two attached hydrogens (primary N) is 1. The molecule has 8 nitrogen and oxygen atoms in total. The number of rotatable bonds is 6. The van der Waals surface area contributed by atoms with Gasteiger partial charge in [0.25, 0.3) is 0 Å². The van der Waals surface area contributed by atoms with Crippen LogP contribution in [0.2, 0.25) is 0 Å². The first-order valence-electron chi connectivity index (χ1n) is 6.27. The maximum atomic E-state index is 11.2. The summed E-state index contributed by atoms with van der Waals surface area (Å²) in [6, 6.07) is 0.335. The molecular weight excluding hydrogens is 248 g/mol. The zero-order chi connectivity index (χ0) is 14.0. The summed E-state index contributed by atoms with van der Waals surface area (Å²) in [6.45, 7) is 4.88. The largest absolute Gasteiger partial charge is 0.354 e. The van der Waals surface area contributed by atoms with Gasteiger partial charge in [-0.15, -0.1) is 0 Å². The molecule has 0 saturated heterocycles. The lowest BCUT2D eigenvalue weighted by Gasteiger charge is -2.25. The van der Waals surface area contributed by atoms with Crippen LogP contribution in [-0.2, 0) is 0 Å². The molecule has 104 valence electrons. The lowest BCUT2D eigenvalue weighted by atomic mass is 10.2. The highest BCUT2D eigenvalue weighted by molar-refractivity contribution is 5.70. The van der Waals surface area contributed by atoms with Crippen LogP contribution in [0.1, 0.15) is 26.7 Å². The molecule has 3 N–H and O–H groups in total. The van der Waals surface area contributed by atoms with Crippen LogP contribution in [0, 0.1) is 16.0 Å². The minimum atomic E-state index is -0.486. The fourth-order valence-electron chi connectivity index (χ4n) is 2.04. The highest BCUT2D eigenvalue weighted by Gasteiger charge is 2.36. The van der Waals surface area contributed by atoms with Gasteiger partial charge >= 0.3 is 5.69 Å². The van der Waals surface area contributed by atoms with Crippen molar-refractivity contribution >= 4 is 17.3 Å². The van der Waals surface area contributed by atoms with Crippen molar-refractivity contribution in [3.8, 4) is 0 Å². The molecule has 0 bridgehead atoms. The van der Waals surface area contributed by atoms with Gasteiger partial charge in [0, 0.05) is 12.6 Å². The molecule has 0 aliphatic heterocycles. The van der Waals surface area contributed by atoms with Crippen LogP contribution in [-0.4, -0.2) is 27.5 Å². The lowest BCUT2D eigenvalue weighted by Crippen LogP contribution is -2.31. The van der Waals surface area contributed by atoms with E-state index in [2.05, 4.69) is 29.2 Å². The monoisotopic (exact) mass is 266 g/mol. The zero-order valence-electron chi connectivity index (χ0n) is 11.0. The molecule has 8 heteroatoms. The van der Waals surface area contributed by atoms with E-state index in [1.165, 1.54) is 6.33 Å². The van der Waals surface area contributed by atoms with Gasteiger partial charge in [-0.05, 0) is 18.8 Å². The number of anilines is 2. The lowest BCUT2D eigenvalue weighted by molar-refractivity contribution is -0.383. The molecule has 1 saturated carbocycles. The summed E-state index contributed by atoms with van der Waals surface area (Å²) < 4.78 is 0. The predicted octanol–water partition coefficient (Wildman–Crippen LogP) is 1.30. The first-order valence-corrected chi connectivity index (χ1v) is 6.27. The SMILES string of the molecule is CC(C)CN(c1ncnc(NN)c1[N+](=O)[O-])C1CC1. The van der Waals surface area contributed by atoms with E-state index in [0.29, 0.717) is 17.8 Å². The van der Waals surface area contributed by atoms with Crippen molar-refractivity contribution in [1.29, 1.82) is 0 Å². The van der Waals surface area contributed by atoms with Crippen molar-refractivity contribution in [3.05, 3.63) is 16.4 Å². The molecular formula is C11H18N6O2. The van der Waals surface area contributed by atoms with Gasteiger partial charge in [-0.1, -0.05) is 13.8 Å². The van der Waals surface area contributed by atoms with Gasteiger partial charge in [-0.3, -0.25) is 10.1 Å². The molecule has 0 spiro atoms. The van der Waals surface area contributed by atoms with Crippen molar-refractivity contribution in [3.63, 3.8) is 0 Å². The third kappa shape index (κ3) is 2.90. The second-order valence-electron chi connectivity index (χ2n) is 5.07. The fraction of sp³-hybridized carbons (Fsp3) is 0.636. The van der Waals surface area contributed by atoms with E-state index in [0.717, 1.165) is 19.4 Å². The Labute approximate surface area is 111 Å². The molecule has 2 rings (SSSR count). The van der Waals surface area contributed by atoms with E-state index in [-0.39, 0.29) is 11.5 Å². The molecule has 0 aromatic carbocycles. The summed E-state index contributed by atoms with van der Waals surface area (Å²) in [7, 11) is 0. The van der Waals surface area contributed by atoms with E-state index >= 15 is 0 Å². The van der Waals surface area contributed by atoms with Crippen LogP contribution in [0.4, 0.5) is 17.3 Å². The first kappa shape index (κ1) is 13.5. The molecule has 1 aromatic heterocycles. The summed E-state index contributed by atoms with van der Waals surface area (Å²) in [5.41, 5.74) is 2.11. The second kappa shape index (κ2) is 5.35. The average Bonchev–Trinajstić information content (AvgIpc) is 3.18. The number of nitrogens with zero attached hydrogens (tertiary/aromatic N) is 4. The number of aromatic nitrogens is 2. The smallest absolute Gasteiger partial charge is 0.347 e. The molecule has 0 unspecified atom stereocenters. The van der Waals surface area contributed by atoms with Crippen LogP contribution in [0.3, 0.4) is 0 Å². The van der Waals surface area contributed by atoms with E-state index in [9.17, 15) is 10.1 Å². The van der Waals surface area contributed by atoms with Gasteiger partial charge in [0.1, 0.15) is 6.33 Å². The Hall–Kier alpha value is -1.96. The third-order valence-corrected chi connectivity index (χ3v) is 2.94. The van der Waals surface area contributed by atoms with Crippen molar-refractivity contribution in [2.45, 2.75) is 32.7 Å². The number of nitrogens with one attached hydrogen (secondary N) is 1. The third-order valence-electron chi connectivity index (χ3n) is 2.94. The maximum Gasteiger partial charge on any atom is 0.354 e. The van der Waals surface area contributed by atoms with Gasteiger partial charge in [-0.25, -0.2) is 15.8 Å². The van der Waals surface area contributed by atoms with Gasteiger partial charge in [0.05, 0.1) is 4.92 Å². The van der Waals surface area contributed by atoms with Gasteiger partial charge in [-0.2, -0.15) is 0 Å². The van der Waals surface area contributed by atoms with Gasteiger partial charge < -0.3 is 10.3 Å². The second-order valence-corrected chi connectivity index (χ2v) is 5.07. The summed E-state index contributed by atoms with van der Waals surface area (Å²) >= 11 is 0. The van der Waals surface area contributed by atoms with E-state index < -0.39 is 4.92 Å². The van der Waals surface area contributed by atoms with Crippen molar-refractivity contribution in [2.75, 3.05) is 16.9 Å². The maximum absolute atomic E-state index is 11.2. The standard InChI is InChI=1S/C11H18N6O2/c1-7(2)5-16(8-3-4-8)11-9(17(18)19)10(15-12)13-6-14-11/h6-8H,3-5,12H2,1-2H3,(H,13,14,15). The Morgan fingerprint density at radius 1 is 1.58 bits per heavy atom. The van der Waals surface area contributed by atoms with Crippen molar-refractivity contribution in [1.82, 2.24) is 9.97 Å². The Morgan fingerprint density at radius 2 is 2.26 bits per heavy atom. The van der Waals surface area contributed by atoms with Crippen molar-refractivity contribution < 1.29 is 4.92 Å². The molecule has 0 amide bonds. The van der Waals surface area contributed by atoms with E-state index in [1.54, 1.807) is 0 Å². The predicted molar refractivity (Wildman–Crippen MR) is 71.7 cm³/mol. The molecule has 1 aliphatic carbocycles. The normalized spacial score (nSPS) is 14.5. The number of hydrogen-bond donors (Lipinski definition) is 2. The number of hydrazine groups is 1. The summed E-state index contributed by atoms with van der Waals surface area (Å²) in [5, 5.41) is 11.2. The van der Waals surface area contributed by atoms with Gasteiger partial charge in [0.2, 0.25) is 11.6 Å². The highest BCUT2D eigenvalue weighted by atomic mass is 16.6. The van der Waals surface area contributed by atoms with Crippen LogP contribution < -0.4 is 16.2 Å². The van der Waals surface area contributed by atoms with Crippen LogP contribution >= 0.6 is 0 Å².